The molecule has 4 N–H and O–H groups in total. The van der Waals surface area contributed by atoms with Gasteiger partial charge in [0.25, 0.3) is 0 Å². The summed E-state index contributed by atoms with van der Waals surface area (Å²) in [6, 6.07) is 20.9. The van der Waals surface area contributed by atoms with Crippen LogP contribution in [0.4, 0.5) is 35.0 Å². The van der Waals surface area contributed by atoms with Crippen LogP contribution in [0, 0.1) is 24.6 Å². The normalized spacial score (nSPS) is 16.8. The number of benzene rings is 3. The molecule has 9 nitrogen and oxygen atoms in total. The van der Waals surface area contributed by atoms with Crippen LogP contribution >= 0.6 is 0 Å². The Morgan fingerprint density at radius 2 is 1.53 bits per heavy atom. The number of alkyl halides is 3. The van der Waals surface area contributed by atoms with E-state index in [0.29, 0.717) is 40.7 Å². The number of sulfonamides is 1. The summed E-state index contributed by atoms with van der Waals surface area (Å²) in [7, 11) is -3.49. The first-order valence-electron chi connectivity index (χ1n) is 14.2. The Morgan fingerprint density at radius 3 is 2.16 bits per heavy atom. The van der Waals surface area contributed by atoms with Crippen molar-refractivity contribution in [1.82, 2.24) is 14.7 Å². The number of aryl methyl sites for hydroxylation is 1. The fourth-order valence-electron chi connectivity index (χ4n) is 4.86. The third kappa shape index (κ3) is 9.85. The Kier molecular flexibility index (Phi) is 10.9. The van der Waals surface area contributed by atoms with Gasteiger partial charge in [0.15, 0.2) is 0 Å². The molecule has 0 atom stereocenters. The van der Waals surface area contributed by atoms with Crippen molar-refractivity contribution in [3.63, 3.8) is 0 Å². The molecule has 0 aliphatic heterocycles. The summed E-state index contributed by atoms with van der Waals surface area (Å²) >= 11 is 0. The second-order valence-corrected chi connectivity index (χ2v) is 12.6. The van der Waals surface area contributed by atoms with E-state index < -0.39 is 22.2 Å². The van der Waals surface area contributed by atoms with Crippen molar-refractivity contribution in [3.8, 4) is 0 Å². The molecule has 0 bridgehead atoms. The maximum atomic E-state index is 13.7. The predicted molar refractivity (Wildman–Crippen MR) is 163 cm³/mol. The molecular weight excluding hydrogens is 614 g/mol. The minimum Gasteiger partial charge on any atom is -0.475 e. The van der Waals surface area contributed by atoms with Gasteiger partial charge >= 0.3 is 12.1 Å². The zero-order valence-corrected chi connectivity index (χ0v) is 25.1. The summed E-state index contributed by atoms with van der Waals surface area (Å²) < 4.78 is 73.4. The number of carboxylic acids is 1. The monoisotopic (exact) mass is 647 g/mol. The standard InChI is InChI=1S/C29H32FN5O2S.C2HF3O2/c1-20-9-15-25(16-10-20)38(36,37)32-19-22-13-11-21(12-14-22)18-31-29-34-27-8-3-2-7-26(27)28(35-29)33-24-6-4-5-23(30)17-24;3-2(4,5)1(6)7/h2-10,15-17,21-22,32H,11-14,18-19H2,1H3,(H2,31,33,34,35);(H,6,7). The number of nitrogens with zero attached hydrogens (tertiary/aromatic N) is 2. The topological polar surface area (TPSA) is 133 Å². The fourth-order valence-corrected chi connectivity index (χ4v) is 5.97. The highest BCUT2D eigenvalue weighted by Crippen LogP contribution is 2.30. The van der Waals surface area contributed by atoms with E-state index >= 15 is 0 Å². The van der Waals surface area contributed by atoms with Gasteiger partial charge in [-0.15, -0.1) is 0 Å². The van der Waals surface area contributed by atoms with Crippen LogP contribution in [0.2, 0.25) is 0 Å². The molecule has 1 fully saturated rings. The Balaban J connectivity index is 0.000000591. The number of carbonyl (C=O) groups is 1. The molecule has 5 rings (SSSR count). The minimum atomic E-state index is -5.08. The zero-order valence-electron chi connectivity index (χ0n) is 24.3. The number of aromatic nitrogens is 2. The van der Waals surface area contributed by atoms with Crippen molar-refractivity contribution in [2.45, 2.75) is 43.7 Å². The second-order valence-electron chi connectivity index (χ2n) is 10.8. The third-order valence-corrected chi connectivity index (χ3v) is 8.78. The van der Waals surface area contributed by atoms with Crippen molar-refractivity contribution < 1.29 is 35.9 Å². The number of carboxylic acid groups (broad SMARTS) is 1. The number of hydrogen-bond acceptors (Lipinski definition) is 7. The Labute approximate surface area is 258 Å². The van der Waals surface area contributed by atoms with Gasteiger partial charge in [0, 0.05) is 24.2 Å². The van der Waals surface area contributed by atoms with E-state index in [1.807, 2.05) is 43.3 Å². The van der Waals surface area contributed by atoms with Crippen molar-refractivity contribution in [2.75, 3.05) is 23.7 Å². The van der Waals surface area contributed by atoms with E-state index in [4.69, 9.17) is 9.90 Å². The minimum absolute atomic E-state index is 0.308. The van der Waals surface area contributed by atoms with Crippen LogP contribution < -0.4 is 15.4 Å². The van der Waals surface area contributed by atoms with Gasteiger partial charge < -0.3 is 15.7 Å². The summed E-state index contributed by atoms with van der Waals surface area (Å²) in [6.45, 7) is 3.13. The molecular formula is C31H33F4N5O4S. The van der Waals surface area contributed by atoms with Crippen LogP contribution in [0.25, 0.3) is 10.9 Å². The summed E-state index contributed by atoms with van der Waals surface area (Å²) in [6.07, 6.45) is -1.14. The van der Waals surface area contributed by atoms with E-state index in [2.05, 4.69) is 25.3 Å². The number of rotatable bonds is 9. The first kappa shape index (κ1) is 33.6. The lowest BCUT2D eigenvalue weighted by Gasteiger charge is -2.28. The van der Waals surface area contributed by atoms with Gasteiger partial charge in [0.1, 0.15) is 11.6 Å². The molecule has 0 radical (unpaired) electrons. The predicted octanol–water partition coefficient (Wildman–Crippen LogP) is 6.65. The molecule has 1 saturated carbocycles. The van der Waals surface area contributed by atoms with Crippen molar-refractivity contribution >= 4 is 44.3 Å². The highest BCUT2D eigenvalue weighted by Gasteiger charge is 2.38. The van der Waals surface area contributed by atoms with Crippen LogP contribution in [0.3, 0.4) is 0 Å². The molecule has 1 heterocycles. The molecule has 1 aliphatic carbocycles. The Hall–Kier alpha value is -4.30. The van der Waals surface area contributed by atoms with Crippen LogP contribution in [-0.4, -0.2) is 48.7 Å². The van der Waals surface area contributed by atoms with E-state index in [-0.39, 0.29) is 5.82 Å². The van der Waals surface area contributed by atoms with Gasteiger partial charge in [-0.3, -0.25) is 0 Å². The highest BCUT2D eigenvalue weighted by atomic mass is 32.2. The largest absolute Gasteiger partial charge is 0.490 e. The molecule has 3 aromatic carbocycles. The smallest absolute Gasteiger partial charge is 0.475 e. The summed E-state index contributed by atoms with van der Waals surface area (Å²) in [5, 5.41) is 14.6. The van der Waals surface area contributed by atoms with Gasteiger partial charge in [-0.1, -0.05) is 35.9 Å². The first-order chi connectivity index (χ1) is 21.3. The van der Waals surface area contributed by atoms with Crippen molar-refractivity contribution in [1.29, 1.82) is 0 Å². The van der Waals surface area contributed by atoms with E-state index in [0.717, 1.165) is 48.7 Å². The fraction of sp³-hybridized carbons (Fsp3) is 0.323. The Bertz CT molecular complexity index is 1710. The van der Waals surface area contributed by atoms with Crippen LogP contribution in [0.1, 0.15) is 31.2 Å². The first-order valence-corrected chi connectivity index (χ1v) is 15.7. The number of para-hydroxylation sites is 1. The zero-order chi connectivity index (χ0) is 32.6. The van der Waals surface area contributed by atoms with E-state index in [1.54, 1.807) is 24.3 Å². The lowest BCUT2D eigenvalue weighted by Crippen LogP contribution is -2.32. The SMILES string of the molecule is Cc1ccc(S(=O)(=O)NCC2CCC(CNc3nc(Nc4cccc(F)c4)c4ccccc4n3)CC2)cc1.O=C(O)C(F)(F)F. The molecule has 0 saturated heterocycles. The molecule has 1 aromatic heterocycles. The molecule has 0 amide bonds. The molecule has 240 valence electrons. The number of halogens is 4. The summed E-state index contributed by atoms with van der Waals surface area (Å²) in [5.74, 6) is -1.15. The maximum absolute atomic E-state index is 13.7. The van der Waals surface area contributed by atoms with E-state index in [9.17, 15) is 26.0 Å². The van der Waals surface area contributed by atoms with Gasteiger partial charge in [0.2, 0.25) is 16.0 Å². The van der Waals surface area contributed by atoms with Gasteiger partial charge in [-0.2, -0.15) is 18.2 Å². The lowest BCUT2D eigenvalue weighted by molar-refractivity contribution is -0.192. The summed E-state index contributed by atoms with van der Waals surface area (Å²) in [5.41, 5.74) is 2.45. The maximum Gasteiger partial charge on any atom is 0.490 e. The van der Waals surface area contributed by atoms with Crippen molar-refractivity contribution in [3.05, 3.63) is 84.2 Å². The quantitative estimate of drug-likeness (QED) is 0.149. The van der Waals surface area contributed by atoms with Gasteiger partial charge in [-0.25, -0.2) is 27.3 Å². The number of nitrogens with one attached hydrogen (secondary N) is 3. The third-order valence-electron chi connectivity index (χ3n) is 7.34. The average molecular weight is 648 g/mol. The van der Waals surface area contributed by atoms with Crippen LogP contribution in [0.15, 0.2) is 77.7 Å². The second kappa shape index (κ2) is 14.7. The molecule has 14 heteroatoms. The number of hydrogen-bond donors (Lipinski definition) is 4. The average Bonchev–Trinajstić information content (AvgIpc) is 3.00. The number of anilines is 3. The Morgan fingerprint density at radius 1 is 0.911 bits per heavy atom. The summed E-state index contributed by atoms with van der Waals surface area (Å²) in [4.78, 5) is 18.6. The molecule has 0 spiro atoms. The van der Waals surface area contributed by atoms with Gasteiger partial charge in [0.05, 0.1) is 10.4 Å². The molecule has 1 aliphatic rings. The number of fused-ring (bicyclic) bond motifs is 1. The number of aliphatic carboxylic acids is 1. The highest BCUT2D eigenvalue weighted by molar-refractivity contribution is 7.89. The van der Waals surface area contributed by atoms with E-state index in [1.165, 1.54) is 12.1 Å². The molecule has 0 unspecified atom stereocenters. The lowest BCUT2D eigenvalue weighted by atomic mass is 9.82. The molecule has 4 aromatic rings. The van der Waals surface area contributed by atoms with Crippen LogP contribution in [0.5, 0.6) is 0 Å². The van der Waals surface area contributed by atoms with Gasteiger partial charge in [-0.05, 0) is 86.9 Å². The molecule has 45 heavy (non-hydrogen) atoms. The van der Waals surface area contributed by atoms with Crippen molar-refractivity contribution in [2.24, 2.45) is 11.8 Å². The van der Waals surface area contributed by atoms with Crippen LogP contribution in [-0.2, 0) is 14.8 Å².